The van der Waals surface area contributed by atoms with Crippen molar-refractivity contribution in [3.8, 4) is 5.75 Å². The summed E-state index contributed by atoms with van der Waals surface area (Å²) in [5.41, 5.74) is 0.716. The zero-order valence-electron chi connectivity index (χ0n) is 11.1. The molecule has 0 spiro atoms. The second-order valence-electron chi connectivity index (χ2n) is 5.18. The largest absolute Gasteiger partial charge is 0.507 e. The first-order chi connectivity index (χ1) is 8.30. The highest BCUT2D eigenvalue weighted by Crippen LogP contribution is 2.36. The van der Waals surface area contributed by atoms with Crippen molar-refractivity contribution in [2.24, 2.45) is 5.92 Å². The number of benzene rings is 1. The van der Waals surface area contributed by atoms with Gasteiger partial charge in [-0.15, -0.1) is 6.58 Å². The van der Waals surface area contributed by atoms with E-state index >= 15 is 0 Å². The van der Waals surface area contributed by atoms with Crippen LogP contribution in [0.2, 0.25) is 0 Å². The Labute approximate surface area is 108 Å². The minimum Gasteiger partial charge on any atom is -0.507 e. The Morgan fingerprint density at radius 3 is 2.56 bits per heavy atom. The van der Waals surface area contributed by atoms with Gasteiger partial charge in [0.2, 0.25) is 0 Å². The van der Waals surface area contributed by atoms with E-state index in [1.54, 1.807) is 12.1 Å². The van der Waals surface area contributed by atoms with Gasteiger partial charge in [-0.2, -0.15) is 0 Å². The number of rotatable bonds is 5. The van der Waals surface area contributed by atoms with Crippen molar-refractivity contribution in [2.75, 3.05) is 0 Å². The number of aromatic hydroxyl groups is 1. The molecule has 0 aromatic heterocycles. The molecule has 3 heteroatoms. The van der Waals surface area contributed by atoms with E-state index in [0.29, 0.717) is 5.92 Å². The van der Waals surface area contributed by atoms with Crippen LogP contribution >= 0.6 is 0 Å². The zero-order valence-corrected chi connectivity index (χ0v) is 11.1. The van der Waals surface area contributed by atoms with Crippen molar-refractivity contribution in [2.45, 2.75) is 32.6 Å². The molecule has 0 fully saturated rings. The molecule has 0 aliphatic rings. The molecule has 1 atom stereocenters. The third-order valence-corrected chi connectivity index (χ3v) is 3.72. The van der Waals surface area contributed by atoms with E-state index in [0.717, 1.165) is 12.0 Å². The summed E-state index contributed by atoms with van der Waals surface area (Å²) in [5, 5.41) is 18.6. The summed E-state index contributed by atoms with van der Waals surface area (Å²) in [6.07, 6.45) is 2.74. The Kier molecular flexibility index (Phi) is 4.17. The Bertz CT molecular complexity index is 461. The number of allylic oxidation sites excluding steroid dienone is 1. The first kappa shape index (κ1) is 14.3. The fourth-order valence-corrected chi connectivity index (χ4v) is 1.94. The lowest BCUT2D eigenvalue weighted by molar-refractivity contribution is 0.0693. The number of carbonyl (C=O) groups is 1. The lowest BCUT2D eigenvalue weighted by atomic mass is 9.73. The fraction of sp³-hybridized carbons (Fsp3) is 0.400. The molecule has 0 amide bonds. The van der Waals surface area contributed by atoms with Crippen molar-refractivity contribution in [3.63, 3.8) is 0 Å². The maximum atomic E-state index is 10.8. The molecular formula is C15H20O3. The van der Waals surface area contributed by atoms with E-state index in [1.807, 2.05) is 6.08 Å². The molecule has 0 aliphatic heterocycles. The summed E-state index contributed by atoms with van der Waals surface area (Å²) in [4.78, 5) is 10.8. The normalized spacial score (nSPS) is 13.1. The summed E-state index contributed by atoms with van der Waals surface area (Å²) < 4.78 is 0. The van der Waals surface area contributed by atoms with Gasteiger partial charge in [-0.05, 0) is 35.4 Å². The average Bonchev–Trinajstić information content (AvgIpc) is 2.28. The van der Waals surface area contributed by atoms with E-state index in [9.17, 15) is 9.90 Å². The van der Waals surface area contributed by atoms with Crippen LogP contribution < -0.4 is 0 Å². The van der Waals surface area contributed by atoms with Crippen molar-refractivity contribution < 1.29 is 15.0 Å². The minimum atomic E-state index is -1.11. The summed E-state index contributed by atoms with van der Waals surface area (Å²) in [5.74, 6) is -0.944. The molecule has 0 aliphatic carbocycles. The molecule has 0 heterocycles. The minimum absolute atomic E-state index is 0.0640. The van der Waals surface area contributed by atoms with Crippen molar-refractivity contribution >= 4 is 5.97 Å². The van der Waals surface area contributed by atoms with Crippen LogP contribution in [0.3, 0.4) is 0 Å². The Hall–Kier alpha value is -1.77. The molecule has 2 N–H and O–H groups in total. The first-order valence-corrected chi connectivity index (χ1v) is 5.98. The van der Waals surface area contributed by atoms with Gasteiger partial charge in [0.1, 0.15) is 11.3 Å². The Morgan fingerprint density at radius 1 is 1.50 bits per heavy atom. The van der Waals surface area contributed by atoms with Gasteiger partial charge in [-0.25, -0.2) is 4.79 Å². The highest BCUT2D eigenvalue weighted by Gasteiger charge is 2.28. The molecule has 1 aromatic rings. The van der Waals surface area contributed by atoms with Gasteiger partial charge in [0.25, 0.3) is 0 Å². The number of carboxylic acid groups (broad SMARTS) is 1. The van der Waals surface area contributed by atoms with Crippen molar-refractivity contribution in [1.29, 1.82) is 0 Å². The van der Waals surface area contributed by atoms with Gasteiger partial charge in [-0.3, -0.25) is 0 Å². The Morgan fingerprint density at radius 2 is 2.11 bits per heavy atom. The van der Waals surface area contributed by atoms with Crippen LogP contribution in [-0.4, -0.2) is 16.2 Å². The van der Waals surface area contributed by atoms with E-state index < -0.39 is 5.97 Å². The highest BCUT2D eigenvalue weighted by atomic mass is 16.4. The third-order valence-electron chi connectivity index (χ3n) is 3.72. The molecule has 0 bridgehead atoms. The lowest BCUT2D eigenvalue weighted by Gasteiger charge is -2.32. The highest BCUT2D eigenvalue weighted by molar-refractivity contribution is 5.90. The fourth-order valence-electron chi connectivity index (χ4n) is 1.94. The molecule has 0 radical (unpaired) electrons. The molecule has 0 saturated heterocycles. The van der Waals surface area contributed by atoms with E-state index in [1.165, 1.54) is 6.07 Å². The van der Waals surface area contributed by atoms with Crippen LogP contribution in [0.4, 0.5) is 0 Å². The zero-order chi connectivity index (χ0) is 13.9. The van der Waals surface area contributed by atoms with Crippen LogP contribution in [0, 0.1) is 5.92 Å². The van der Waals surface area contributed by atoms with Gasteiger partial charge in [0.15, 0.2) is 0 Å². The third kappa shape index (κ3) is 2.73. The van der Waals surface area contributed by atoms with E-state index in [-0.39, 0.29) is 16.7 Å². The smallest absolute Gasteiger partial charge is 0.339 e. The Balaban J connectivity index is 3.14. The SMILES string of the molecule is C=CCC(C)C(C)(C)c1ccc(C(=O)O)c(O)c1. The maximum Gasteiger partial charge on any atom is 0.339 e. The van der Waals surface area contributed by atoms with Gasteiger partial charge in [0.05, 0.1) is 0 Å². The number of hydrogen-bond acceptors (Lipinski definition) is 2. The second kappa shape index (κ2) is 5.25. The van der Waals surface area contributed by atoms with Gasteiger partial charge >= 0.3 is 5.97 Å². The molecular weight excluding hydrogens is 228 g/mol. The standard InChI is InChI=1S/C15H20O3/c1-5-6-10(2)15(3,4)11-7-8-12(14(17)18)13(16)9-11/h5,7-10,16H,1,6H2,2-4H3,(H,17,18). The van der Waals surface area contributed by atoms with Gasteiger partial charge < -0.3 is 10.2 Å². The molecule has 1 unspecified atom stereocenters. The van der Waals surface area contributed by atoms with Gasteiger partial charge in [-0.1, -0.05) is 32.9 Å². The molecule has 1 aromatic carbocycles. The number of carboxylic acids is 1. The molecule has 0 saturated carbocycles. The van der Waals surface area contributed by atoms with Crippen LogP contribution in [0.1, 0.15) is 43.1 Å². The first-order valence-electron chi connectivity index (χ1n) is 5.98. The van der Waals surface area contributed by atoms with Crippen molar-refractivity contribution in [3.05, 3.63) is 42.0 Å². The predicted octanol–water partition coefficient (Wildman–Crippen LogP) is 3.58. The van der Waals surface area contributed by atoms with Crippen LogP contribution in [0.5, 0.6) is 5.75 Å². The molecule has 3 nitrogen and oxygen atoms in total. The maximum absolute atomic E-state index is 10.8. The van der Waals surface area contributed by atoms with Gasteiger partial charge in [0, 0.05) is 0 Å². The lowest BCUT2D eigenvalue weighted by Crippen LogP contribution is -2.26. The van der Waals surface area contributed by atoms with Crippen molar-refractivity contribution in [1.82, 2.24) is 0 Å². The van der Waals surface area contributed by atoms with Crippen LogP contribution in [0.15, 0.2) is 30.9 Å². The molecule has 98 valence electrons. The van der Waals surface area contributed by atoms with Crippen LogP contribution in [-0.2, 0) is 5.41 Å². The topological polar surface area (TPSA) is 57.5 Å². The summed E-state index contributed by atoms with van der Waals surface area (Å²) >= 11 is 0. The second-order valence-corrected chi connectivity index (χ2v) is 5.18. The number of aromatic carboxylic acids is 1. The summed E-state index contributed by atoms with van der Waals surface area (Å²) in [6.45, 7) is 10.0. The number of phenols is 1. The summed E-state index contributed by atoms with van der Waals surface area (Å²) in [7, 11) is 0. The molecule has 18 heavy (non-hydrogen) atoms. The van der Waals surface area contributed by atoms with E-state index in [2.05, 4.69) is 27.4 Å². The summed E-state index contributed by atoms with van der Waals surface area (Å²) in [6, 6.07) is 4.77. The predicted molar refractivity (Wildman–Crippen MR) is 72.1 cm³/mol. The quantitative estimate of drug-likeness (QED) is 0.783. The van der Waals surface area contributed by atoms with Crippen LogP contribution in [0.25, 0.3) is 0 Å². The van der Waals surface area contributed by atoms with E-state index in [4.69, 9.17) is 5.11 Å². The number of hydrogen-bond donors (Lipinski definition) is 2. The average molecular weight is 248 g/mol. The monoisotopic (exact) mass is 248 g/mol. The molecule has 1 rings (SSSR count).